The fourth-order valence-electron chi connectivity index (χ4n) is 1.99. The molecule has 1 saturated heterocycles. The van der Waals surface area contributed by atoms with Gasteiger partial charge in [-0.05, 0) is 18.9 Å². The third-order valence-corrected chi connectivity index (χ3v) is 3.05. The predicted octanol–water partition coefficient (Wildman–Crippen LogP) is 1.47. The van der Waals surface area contributed by atoms with Crippen LogP contribution < -0.4 is 15.8 Å². The minimum atomic E-state index is -4.42. The molecule has 2 atom stereocenters. The topological polar surface area (TPSA) is 86.5 Å². The van der Waals surface area contributed by atoms with Gasteiger partial charge in [-0.3, -0.25) is 4.79 Å². The minimum absolute atomic E-state index is 0.119. The molecule has 1 amide bonds. The maximum atomic E-state index is 12.0. The van der Waals surface area contributed by atoms with Crippen LogP contribution in [0, 0.1) is 0 Å². The van der Waals surface area contributed by atoms with Crippen molar-refractivity contribution in [3.8, 4) is 5.88 Å². The van der Waals surface area contributed by atoms with Crippen LogP contribution in [0.1, 0.15) is 12.8 Å². The molecule has 3 N–H and O–H groups in total. The zero-order chi connectivity index (χ0) is 16.2. The van der Waals surface area contributed by atoms with E-state index in [-0.39, 0.29) is 17.9 Å². The zero-order valence-electron chi connectivity index (χ0n) is 11.6. The largest absolute Gasteiger partial charge is 0.468 e. The van der Waals surface area contributed by atoms with Crippen molar-refractivity contribution in [1.82, 2.24) is 4.98 Å². The van der Waals surface area contributed by atoms with Crippen LogP contribution in [-0.4, -0.2) is 42.4 Å². The van der Waals surface area contributed by atoms with E-state index >= 15 is 0 Å². The molecule has 9 heteroatoms. The summed E-state index contributed by atoms with van der Waals surface area (Å²) in [6, 6.07) is 2.66. The Hall–Kier alpha value is -1.87. The van der Waals surface area contributed by atoms with Gasteiger partial charge in [-0.1, -0.05) is 0 Å². The lowest BCUT2D eigenvalue weighted by Gasteiger charge is -2.13. The Bertz CT molecular complexity index is 507. The van der Waals surface area contributed by atoms with E-state index in [1.54, 1.807) is 0 Å². The van der Waals surface area contributed by atoms with Gasteiger partial charge in [-0.25, -0.2) is 4.98 Å². The quantitative estimate of drug-likeness (QED) is 0.858. The molecule has 0 saturated carbocycles. The average Bonchev–Trinajstić information content (AvgIpc) is 2.95. The number of nitrogens with zero attached hydrogens (tertiary/aromatic N) is 1. The number of alkyl halides is 3. The van der Waals surface area contributed by atoms with Crippen molar-refractivity contribution in [2.75, 3.05) is 18.5 Å². The molecular weight excluding hydrogens is 303 g/mol. The Labute approximate surface area is 124 Å². The first-order valence-corrected chi connectivity index (χ1v) is 6.69. The maximum Gasteiger partial charge on any atom is 0.422 e. The zero-order valence-corrected chi connectivity index (χ0v) is 11.6. The standard InChI is InChI=1S/C13H16F3N3O3/c14-13(15,16)7-21-11-4-1-8(6-18-11)19-12(20)10-3-2-9(5-17)22-10/h1,4,6,9-10H,2-3,5,7,17H2,(H,19,20)/t9-,10+/m1/s1. The predicted molar refractivity (Wildman–Crippen MR) is 71.4 cm³/mol. The van der Waals surface area contributed by atoms with Gasteiger partial charge in [0.25, 0.3) is 5.91 Å². The number of hydrogen-bond donors (Lipinski definition) is 2. The first-order chi connectivity index (χ1) is 10.4. The molecule has 0 radical (unpaired) electrons. The summed E-state index contributed by atoms with van der Waals surface area (Å²) in [5, 5.41) is 2.58. The number of halogens is 3. The van der Waals surface area contributed by atoms with Crippen LogP contribution in [0.5, 0.6) is 5.88 Å². The first-order valence-electron chi connectivity index (χ1n) is 6.69. The number of aromatic nitrogens is 1. The number of nitrogens with one attached hydrogen (secondary N) is 1. The minimum Gasteiger partial charge on any atom is -0.468 e. The highest BCUT2D eigenvalue weighted by atomic mass is 19.4. The van der Waals surface area contributed by atoms with E-state index in [1.807, 2.05) is 0 Å². The maximum absolute atomic E-state index is 12.0. The van der Waals surface area contributed by atoms with E-state index < -0.39 is 18.9 Å². The first kappa shape index (κ1) is 16.5. The van der Waals surface area contributed by atoms with Crippen LogP contribution in [0.2, 0.25) is 0 Å². The second-order valence-electron chi connectivity index (χ2n) is 4.84. The van der Waals surface area contributed by atoms with E-state index in [0.717, 1.165) is 6.42 Å². The van der Waals surface area contributed by atoms with Gasteiger partial charge in [0.1, 0.15) is 6.10 Å². The number of nitrogens with two attached hydrogens (primary N) is 1. The molecule has 1 aliphatic rings. The van der Waals surface area contributed by atoms with Crippen LogP contribution in [0.15, 0.2) is 18.3 Å². The summed E-state index contributed by atoms with van der Waals surface area (Å²) in [5.41, 5.74) is 5.81. The summed E-state index contributed by atoms with van der Waals surface area (Å²) < 4.78 is 45.9. The summed E-state index contributed by atoms with van der Waals surface area (Å²) in [6.45, 7) is -1.06. The molecular formula is C13H16F3N3O3. The number of carbonyl (C=O) groups excluding carboxylic acids is 1. The number of carbonyl (C=O) groups is 1. The van der Waals surface area contributed by atoms with Crippen LogP contribution in [0.3, 0.4) is 0 Å². The summed E-state index contributed by atoms with van der Waals surface area (Å²) in [6.07, 6.45) is -2.60. The molecule has 1 aromatic rings. The van der Waals surface area contributed by atoms with Crippen molar-refractivity contribution in [3.05, 3.63) is 18.3 Å². The number of anilines is 1. The number of amides is 1. The normalized spacial score (nSPS) is 21.6. The molecule has 2 rings (SSSR count). The van der Waals surface area contributed by atoms with Crippen LogP contribution in [0.25, 0.3) is 0 Å². The molecule has 0 spiro atoms. The van der Waals surface area contributed by atoms with Gasteiger partial charge < -0.3 is 20.5 Å². The highest BCUT2D eigenvalue weighted by Crippen LogP contribution is 2.21. The Kier molecular flexibility index (Phi) is 5.19. The highest BCUT2D eigenvalue weighted by Gasteiger charge is 2.30. The summed E-state index contributed by atoms with van der Waals surface area (Å²) in [5.74, 6) is -0.502. The smallest absolute Gasteiger partial charge is 0.422 e. The van der Waals surface area contributed by atoms with Crippen LogP contribution in [-0.2, 0) is 9.53 Å². The van der Waals surface area contributed by atoms with E-state index in [9.17, 15) is 18.0 Å². The summed E-state index contributed by atoms with van der Waals surface area (Å²) in [4.78, 5) is 15.6. The molecule has 0 unspecified atom stereocenters. The SMILES string of the molecule is NC[C@H]1CC[C@@H](C(=O)Nc2ccc(OCC(F)(F)F)nc2)O1. The molecule has 1 fully saturated rings. The second-order valence-corrected chi connectivity index (χ2v) is 4.84. The number of rotatable bonds is 5. The van der Waals surface area contributed by atoms with Gasteiger partial charge in [0, 0.05) is 12.6 Å². The van der Waals surface area contributed by atoms with Crippen molar-refractivity contribution >= 4 is 11.6 Å². The molecule has 6 nitrogen and oxygen atoms in total. The number of ether oxygens (including phenoxy) is 2. The van der Waals surface area contributed by atoms with E-state index in [2.05, 4.69) is 15.0 Å². The van der Waals surface area contributed by atoms with Crippen LogP contribution in [0.4, 0.5) is 18.9 Å². The van der Waals surface area contributed by atoms with E-state index in [0.29, 0.717) is 18.7 Å². The fourth-order valence-corrected chi connectivity index (χ4v) is 1.99. The molecule has 22 heavy (non-hydrogen) atoms. The average molecular weight is 319 g/mol. The third-order valence-electron chi connectivity index (χ3n) is 3.05. The fraction of sp³-hybridized carbons (Fsp3) is 0.538. The Balaban J connectivity index is 1.84. The molecule has 1 aromatic heterocycles. The van der Waals surface area contributed by atoms with E-state index in [1.165, 1.54) is 18.3 Å². The van der Waals surface area contributed by atoms with Gasteiger partial charge in [-0.15, -0.1) is 0 Å². The Morgan fingerprint density at radius 1 is 1.45 bits per heavy atom. The van der Waals surface area contributed by atoms with Gasteiger partial charge in [0.2, 0.25) is 5.88 Å². The van der Waals surface area contributed by atoms with Gasteiger partial charge in [0.15, 0.2) is 6.61 Å². The second kappa shape index (κ2) is 6.93. The summed E-state index contributed by atoms with van der Waals surface area (Å²) >= 11 is 0. The highest BCUT2D eigenvalue weighted by molar-refractivity contribution is 5.94. The monoisotopic (exact) mass is 319 g/mol. The third kappa shape index (κ3) is 4.85. The van der Waals surface area contributed by atoms with Crippen molar-refractivity contribution in [1.29, 1.82) is 0 Å². The summed E-state index contributed by atoms with van der Waals surface area (Å²) in [7, 11) is 0. The lowest BCUT2D eigenvalue weighted by molar-refractivity contribution is -0.154. The number of hydrogen-bond acceptors (Lipinski definition) is 5. The lowest BCUT2D eigenvalue weighted by atomic mass is 10.2. The van der Waals surface area contributed by atoms with Crippen molar-refractivity contribution in [3.63, 3.8) is 0 Å². The van der Waals surface area contributed by atoms with Crippen molar-refractivity contribution in [2.24, 2.45) is 5.73 Å². The number of pyridine rings is 1. The molecule has 0 bridgehead atoms. The molecule has 122 valence electrons. The van der Waals surface area contributed by atoms with Crippen molar-refractivity contribution < 1.29 is 27.4 Å². The molecule has 1 aliphatic heterocycles. The van der Waals surface area contributed by atoms with Gasteiger partial charge in [0.05, 0.1) is 18.0 Å². The van der Waals surface area contributed by atoms with Crippen molar-refractivity contribution in [2.45, 2.75) is 31.2 Å². The Morgan fingerprint density at radius 2 is 2.23 bits per heavy atom. The molecule has 0 aromatic carbocycles. The Morgan fingerprint density at radius 3 is 2.77 bits per heavy atom. The van der Waals surface area contributed by atoms with Gasteiger partial charge in [-0.2, -0.15) is 13.2 Å². The van der Waals surface area contributed by atoms with Gasteiger partial charge >= 0.3 is 6.18 Å². The molecule has 2 heterocycles. The lowest BCUT2D eigenvalue weighted by Crippen LogP contribution is -2.29. The van der Waals surface area contributed by atoms with Crippen LogP contribution >= 0.6 is 0 Å². The van der Waals surface area contributed by atoms with E-state index in [4.69, 9.17) is 10.5 Å². The molecule has 0 aliphatic carbocycles.